The van der Waals surface area contributed by atoms with Crippen molar-refractivity contribution in [1.82, 2.24) is 0 Å². The molecule has 0 atom stereocenters. The van der Waals surface area contributed by atoms with E-state index in [0.29, 0.717) is 18.4 Å². The summed E-state index contributed by atoms with van der Waals surface area (Å²) in [7, 11) is -5.64. The molecule has 0 saturated heterocycles. The van der Waals surface area contributed by atoms with E-state index in [4.69, 9.17) is 0 Å². The molecule has 0 aliphatic rings. The van der Waals surface area contributed by atoms with Crippen molar-refractivity contribution in [1.29, 1.82) is 0 Å². The van der Waals surface area contributed by atoms with Gasteiger partial charge in [-0.1, -0.05) is 47.6 Å². The fourth-order valence-electron chi connectivity index (χ4n) is 2.24. The van der Waals surface area contributed by atoms with Crippen LogP contribution in [0.25, 0.3) is 0 Å². The molecular weight excluding hydrogens is 341 g/mol. The van der Waals surface area contributed by atoms with Crippen LogP contribution < -0.4 is 0 Å². The van der Waals surface area contributed by atoms with Crippen molar-refractivity contribution < 1.29 is 26.7 Å². The van der Waals surface area contributed by atoms with E-state index in [1.54, 1.807) is 19.9 Å². The highest BCUT2D eigenvalue weighted by Crippen LogP contribution is 2.44. The second kappa shape index (κ2) is 6.24. The highest BCUT2D eigenvalue weighted by molar-refractivity contribution is 7.92. The van der Waals surface area contributed by atoms with Crippen LogP contribution in [0.2, 0.25) is 0 Å². The molecule has 0 aromatic heterocycles. The number of hydrogen-bond acceptors (Lipinski definition) is 3. The molecule has 0 aliphatic carbocycles. The van der Waals surface area contributed by atoms with Gasteiger partial charge in [-0.15, -0.1) is 0 Å². The first-order valence-electron chi connectivity index (χ1n) is 7.81. The zero-order valence-electron chi connectivity index (χ0n) is 14.9. The minimum absolute atomic E-state index is 0.215. The number of rotatable bonds is 5. The van der Waals surface area contributed by atoms with E-state index in [2.05, 4.69) is 0 Å². The monoisotopic (exact) mass is 366 g/mol. The lowest BCUT2D eigenvalue weighted by molar-refractivity contribution is -0.0437. The van der Waals surface area contributed by atoms with Crippen LogP contribution in [0.3, 0.4) is 0 Å². The van der Waals surface area contributed by atoms with Crippen LogP contribution >= 0.6 is 0 Å². The van der Waals surface area contributed by atoms with Gasteiger partial charge in [-0.2, -0.15) is 13.2 Å². The molecule has 24 heavy (non-hydrogen) atoms. The highest BCUT2D eigenvalue weighted by Gasteiger charge is 2.49. The van der Waals surface area contributed by atoms with Crippen molar-refractivity contribution in [3.8, 4) is 5.75 Å². The number of aromatic hydroxyl groups is 1. The molecule has 1 aromatic carbocycles. The van der Waals surface area contributed by atoms with E-state index >= 15 is 0 Å². The molecule has 0 bridgehead atoms. The number of halogens is 3. The Balaban J connectivity index is 3.92. The van der Waals surface area contributed by atoms with E-state index < -0.39 is 36.8 Å². The summed E-state index contributed by atoms with van der Waals surface area (Å²) in [6.45, 7) is 10.9. The maximum absolute atomic E-state index is 13.0. The van der Waals surface area contributed by atoms with Gasteiger partial charge in [0.15, 0.2) is 0 Å². The van der Waals surface area contributed by atoms with Gasteiger partial charge < -0.3 is 5.11 Å². The van der Waals surface area contributed by atoms with Gasteiger partial charge in [0.1, 0.15) is 10.6 Å². The number of alkyl halides is 3. The summed E-state index contributed by atoms with van der Waals surface area (Å²) in [6.07, 6.45) is 1.14. The lowest BCUT2D eigenvalue weighted by atomic mass is 9.76. The Kier molecular flexibility index (Phi) is 5.41. The maximum Gasteiger partial charge on any atom is 0.502 e. The van der Waals surface area contributed by atoms with Gasteiger partial charge in [-0.05, 0) is 35.3 Å². The first-order valence-corrected chi connectivity index (χ1v) is 9.29. The number of phenols is 1. The van der Waals surface area contributed by atoms with E-state index in [-0.39, 0.29) is 5.56 Å². The molecule has 0 spiro atoms. The van der Waals surface area contributed by atoms with E-state index in [9.17, 15) is 26.7 Å². The quantitative estimate of drug-likeness (QED) is 0.792. The second-order valence-electron chi connectivity index (χ2n) is 7.29. The van der Waals surface area contributed by atoms with Gasteiger partial charge in [0.2, 0.25) is 0 Å². The zero-order valence-corrected chi connectivity index (χ0v) is 15.7. The zero-order chi connectivity index (χ0) is 19.1. The summed E-state index contributed by atoms with van der Waals surface area (Å²) in [5.41, 5.74) is -5.98. The number of benzene rings is 1. The summed E-state index contributed by atoms with van der Waals surface area (Å²) in [5.74, 6) is -0.810. The smallest absolute Gasteiger partial charge is 0.502 e. The van der Waals surface area contributed by atoms with Crippen molar-refractivity contribution >= 4 is 9.84 Å². The van der Waals surface area contributed by atoms with E-state index in [1.807, 2.05) is 27.7 Å². The van der Waals surface area contributed by atoms with Crippen LogP contribution in [-0.2, 0) is 20.7 Å². The summed E-state index contributed by atoms with van der Waals surface area (Å²) in [6, 6.07) is 2.58. The first kappa shape index (κ1) is 20.8. The SMILES string of the molecule is CCC(C)(C)c1cc(C(C)(C)CC)c(O)c(S(=O)(=O)C(F)(F)F)c1. The molecule has 0 unspecified atom stereocenters. The third-order valence-electron chi connectivity index (χ3n) is 4.95. The van der Waals surface area contributed by atoms with Crippen molar-refractivity contribution in [2.24, 2.45) is 0 Å². The molecule has 0 saturated carbocycles. The summed E-state index contributed by atoms with van der Waals surface area (Å²) >= 11 is 0. The highest BCUT2D eigenvalue weighted by atomic mass is 32.2. The Morgan fingerprint density at radius 1 is 0.958 bits per heavy atom. The van der Waals surface area contributed by atoms with Crippen LogP contribution in [0.5, 0.6) is 5.75 Å². The van der Waals surface area contributed by atoms with Crippen LogP contribution in [0.1, 0.15) is 65.5 Å². The van der Waals surface area contributed by atoms with E-state index in [0.717, 1.165) is 6.07 Å². The Hall–Kier alpha value is -1.24. The Morgan fingerprint density at radius 2 is 1.42 bits per heavy atom. The van der Waals surface area contributed by atoms with E-state index in [1.165, 1.54) is 0 Å². The second-order valence-corrected chi connectivity index (χ2v) is 9.20. The van der Waals surface area contributed by atoms with Crippen LogP contribution in [-0.4, -0.2) is 19.0 Å². The third kappa shape index (κ3) is 3.55. The van der Waals surface area contributed by atoms with Gasteiger partial charge in [0.05, 0.1) is 0 Å². The maximum atomic E-state index is 13.0. The van der Waals surface area contributed by atoms with Crippen molar-refractivity contribution in [3.05, 3.63) is 23.3 Å². The minimum Gasteiger partial charge on any atom is -0.506 e. The van der Waals surface area contributed by atoms with Gasteiger partial charge in [0.25, 0.3) is 9.84 Å². The summed E-state index contributed by atoms with van der Waals surface area (Å²) < 4.78 is 62.9. The molecule has 0 aliphatic heterocycles. The lowest BCUT2D eigenvalue weighted by Crippen LogP contribution is -2.26. The van der Waals surface area contributed by atoms with Crippen LogP contribution in [0.4, 0.5) is 13.2 Å². The summed E-state index contributed by atoms with van der Waals surface area (Å²) in [5, 5.41) is 10.3. The van der Waals surface area contributed by atoms with Crippen LogP contribution in [0, 0.1) is 0 Å². The average molecular weight is 366 g/mol. The third-order valence-corrected chi connectivity index (χ3v) is 6.45. The first-order chi connectivity index (χ1) is 10.6. The predicted octanol–water partition coefficient (Wildman–Crippen LogP) is 5.06. The number of hydrogen-bond donors (Lipinski definition) is 1. The molecule has 1 aromatic rings. The average Bonchev–Trinajstić information content (AvgIpc) is 2.45. The topological polar surface area (TPSA) is 54.4 Å². The molecule has 138 valence electrons. The van der Waals surface area contributed by atoms with Crippen molar-refractivity contribution in [3.63, 3.8) is 0 Å². The molecule has 0 heterocycles. The standard InChI is InChI=1S/C17H25F3O3S/c1-7-15(3,4)11-9-12(16(5,6)8-2)14(21)13(10-11)24(22,23)17(18,19)20/h9-10,21H,7-8H2,1-6H3. The molecule has 0 amide bonds. The largest absolute Gasteiger partial charge is 0.506 e. The van der Waals surface area contributed by atoms with Gasteiger partial charge in [0, 0.05) is 5.56 Å². The molecule has 0 fully saturated rings. The Labute approximate surface area is 141 Å². The van der Waals surface area contributed by atoms with Gasteiger partial charge in [-0.3, -0.25) is 0 Å². The lowest BCUT2D eigenvalue weighted by Gasteiger charge is -2.30. The van der Waals surface area contributed by atoms with Gasteiger partial charge in [-0.25, -0.2) is 8.42 Å². The number of phenolic OH excluding ortho intramolecular Hbond substituents is 1. The Morgan fingerprint density at radius 3 is 1.79 bits per heavy atom. The van der Waals surface area contributed by atoms with Gasteiger partial charge >= 0.3 is 5.51 Å². The van der Waals surface area contributed by atoms with Crippen molar-refractivity contribution in [2.75, 3.05) is 0 Å². The fraction of sp³-hybridized carbons (Fsp3) is 0.647. The Bertz CT molecular complexity index is 717. The molecule has 1 N–H and O–H groups in total. The molecular formula is C17H25F3O3S. The molecule has 7 heteroatoms. The molecule has 1 rings (SSSR count). The fourth-order valence-corrected chi connectivity index (χ4v) is 3.13. The normalized spacial score (nSPS) is 14.0. The number of sulfone groups is 1. The van der Waals surface area contributed by atoms with Crippen molar-refractivity contribution in [2.45, 2.75) is 75.6 Å². The minimum atomic E-state index is -5.64. The molecule has 3 nitrogen and oxygen atoms in total. The summed E-state index contributed by atoms with van der Waals surface area (Å²) in [4.78, 5) is -1.06. The van der Waals surface area contributed by atoms with Crippen LogP contribution in [0.15, 0.2) is 17.0 Å². The molecule has 0 radical (unpaired) electrons. The predicted molar refractivity (Wildman–Crippen MR) is 88.0 cm³/mol.